The van der Waals surface area contributed by atoms with Crippen molar-refractivity contribution in [3.63, 3.8) is 0 Å². The first-order valence-electron chi connectivity index (χ1n) is 6.65. The fraction of sp³-hybridized carbons (Fsp3) is 0.600. The first kappa shape index (κ1) is 13.4. The van der Waals surface area contributed by atoms with Crippen molar-refractivity contribution in [1.29, 1.82) is 0 Å². The van der Waals surface area contributed by atoms with Crippen LogP contribution in [0.1, 0.15) is 45.2 Å². The molecule has 0 aliphatic carbocycles. The van der Waals surface area contributed by atoms with Gasteiger partial charge in [0, 0.05) is 18.7 Å². The van der Waals surface area contributed by atoms with Crippen LogP contribution in [0.4, 0.5) is 0 Å². The zero-order valence-corrected chi connectivity index (χ0v) is 11.4. The average Bonchev–Trinajstić information content (AvgIpc) is 2.28. The highest BCUT2D eigenvalue weighted by atomic mass is 16.5. The van der Waals surface area contributed by atoms with E-state index in [4.69, 9.17) is 4.74 Å². The van der Waals surface area contributed by atoms with Gasteiger partial charge in [-0.25, -0.2) is 0 Å². The summed E-state index contributed by atoms with van der Waals surface area (Å²) in [6, 6.07) is 8.21. The molecule has 1 fully saturated rings. The van der Waals surface area contributed by atoms with Crippen molar-refractivity contribution in [2.75, 3.05) is 6.61 Å². The standard InChI is InChI=1S/C15H23NO2/c1-11(12-4-6-14(17)7-5-12)16-13-8-9-18-15(2,3)10-13/h4-7,11,13,16-17H,8-10H2,1-3H3. The third-order valence-corrected chi connectivity index (χ3v) is 3.58. The number of rotatable bonds is 3. The van der Waals surface area contributed by atoms with E-state index in [1.807, 2.05) is 12.1 Å². The molecule has 0 amide bonds. The summed E-state index contributed by atoms with van der Waals surface area (Å²) in [5.74, 6) is 0.318. The molecule has 0 bridgehead atoms. The van der Waals surface area contributed by atoms with Crippen LogP contribution in [-0.2, 0) is 4.74 Å². The van der Waals surface area contributed by atoms with Crippen molar-refractivity contribution < 1.29 is 9.84 Å². The van der Waals surface area contributed by atoms with E-state index < -0.39 is 0 Å². The normalized spacial score (nSPS) is 24.7. The average molecular weight is 249 g/mol. The second-order valence-electron chi connectivity index (χ2n) is 5.78. The molecule has 0 aromatic heterocycles. The Hall–Kier alpha value is -1.06. The van der Waals surface area contributed by atoms with Crippen LogP contribution in [0.25, 0.3) is 0 Å². The van der Waals surface area contributed by atoms with Crippen molar-refractivity contribution in [2.24, 2.45) is 0 Å². The van der Waals surface area contributed by atoms with Crippen LogP contribution in [0.2, 0.25) is 0 Å². The summed E-state index contributed by atoms with van der Waals surface area (Å²) in [4.78, 5) is 0. The highest BCUT2D eigenvalue weighted by Gasteiger charge is 2.29. The summed E-state index contributed by atoms with van der Waals surface area (Å²) in [6.07, 6.45) is 2.10. The van der Waals surface area contributed by atoms with Crippen LogP contribution < -0.4 is 5.32 Å². The van der Waals surface area contributed by atoms with E-state index >= 15 is 0 Å². The first-order valence-corrected chi connectivity index (χ1v) is 6.65. The molecule has 1 saturated heterocycles. The quantitative estimate of drug-likeness (QED) is 0.865. The maximum Gasteiger partial charge on any atom is 0.115 e. The summed E-state index contributed by atoms with van der Waals surface area (Å²) >= 11 is 0. The molecule has 3 nitrogen and oxygen atoms in total. The van der Waals surface area contributed by atoms with Gasteiger partial charge in [0.1, 0.15) is 5.75 Å². The summed E-state index contributed by atoms with van der Waals surface area (Å²) in [5, 5.41) is 12.9. The number of nitrogens with one attached hydrogen (secondary N) is 1. The van der Waals surface area contributed by atoms with Crippen LogP contribution in [0.3, 0.4) is 0 Å². The Morgan fingerprint density at radius 2 is 2.00 bits per heavy atom. The fourth-order valence-electron chi connectivity index (χ4n) is 2.59. The predicted octanol–water partition coefficient (Wildman–Crippen LogP) is 3.00. The van der Waals surface area contributed by atoms with Crippen LogP contribution >= 0.6 is 0 Å². The molecule has 1 aromatic carbocycles. The molecule has 1 aromatic rings. The van der Waals surface area contributed by atoms with Gasteiger partial charge in [-0.2, -0.15) is 0 Å². The van der Waals surface area contributed by atoms with Gasteiger partial charge in [-0.1, -0.05) is 12.1 Å². The van der Waals surface area contributed by atoms with Crippen molar-refractivity contribution in [2.45, 2.75) is 51.3 Å². The molecule has 100 valence electrons. The minimum Gasteiger partial charge on any atom is -0.508 e. The topological polar surface area (TPSA) is 41.5 Å². The molecule has 1 aliphatic rings. The van der Waals surface area contributed by atoms with Crippen molar-refractivity contribution >= 4 is 0 Å². The number of ether oxygens (including phenoxy) is 1. The molecule has 0 radical (unpaired) electrons. The van der Waals surface area contributed by atoms with Crippen LogP contribution in [-0.4, -0.2) is 23.4 Å². The summed E-state index contributed by atoms with van der Waals surface area (Å²) in [5.41, 5.74) is 1.18. The smallest absolute Gasteiger partial charge is 0.115 e. The van der Waals surface area contributed by atoms with Gasteiger partial charge in [-0.05, 0) is 51.3 Å². The summed E-state index contributed by atoms with van der Waals surface area (Å²) < 4.78 is 5.73. The molecule has 2 unspecified atom stereocenters. The summed E-state index contributed by atoms with van der Waals surface area (Å²) in [6.45, 7) is 7.28. The number of hydrogen-bond acceptors (Lipinski definition) is 3. The molecule has 3 heteroatoms. The molecule has 18 heavy (non-hydrogen) atoms. The lowest BCUT2D eigenvalue weighted by Gasteiger charge is -2.37. The van der Waals surface area contributed by atoms with Crippen LogP contribution in [0.5, 0.6) is 5.75 Å². The van der Waals surface area contributed by atoms with Gasteiger partial charge in [0.15, 0.2) is 0 Å². The Morgan fingerprint density at radius 3 is 2.61 bits per heavy atom. The Morgan fingerprint density at radius 1 is 1.33 bits per heavy atom. The van der Waals surface area contributed by atoms with Crippen molar-refractivity contribution in [3.8, 4) is 5.75 Å². The van der Waals surface area contributed by atoms with Gasteiger partial charge in [-0.15, -0.1) is 0 Å². The van der Waals surface area contributed by atoms with Crippen molar-refractivity contribution in [3.05, 3.63) is 29.8 Å². The van der Waals surface area contributed by atoms with E-state index in [1.54, 1.807) is 12.1 Å². The lowest BCUT2D eigenvalue weighted by Crippen LogP contribution is -2.44. The molecule has 1 aliphatic heterocycles. The number of phenols is 1. The van der Waals surface area contributed by atoms with E-state index in [0.29, 0.717) is 17.8 Å². The summed E-state index contributed by atoms with van der Waals surface area (Å²) in [7, 11) is 0. The number of phenolic OH excluding ortho intramolecular Hbond substituents is 1. The van der Waals surface area contributed by atoms with E-state index in [2.05, 4.69) is 26.1 Å². The zero-order valence-electron chi connectivity index (χ0n) is 11.4. The number of aromatic hydroxyl groups is 1. The monoisotopic (exact) mass is 249 g/mol. The van der Waals surface area contributed by atoms with Gasteiger partial charge >= 0.3 is 0 Å². The van der Waals surface area contributed by atoms with Gasteiger partial charge in [0.2, 0.25) is 0 Å². The number of benzene rings is 1. The van der Waals surface area contributed by atoms with E-state index in [-0.39, 0.29) is 5.60 Å². The van der Waals surface area contributed by atoms with Gasteiger partial charge in [0.05, 0.1) is 5.60 Å². The third-order valence-electron chi connectivity index (χ3n) is 3.58. The fourth-order valence-corrected chi connectivity index (χ4v) is 2.59. The SMILES string of the molecule is CC(NC1CCOC(C)(C)C1)c1ccc(O)cc1. The van der Waals surface area contributed by atoms with E-state index in [1.165, 1.54) is 5.56 Å². The minimum atomic E-state index is -0.0232. The molecule has 2 N–H and O–H groups in total. The molecule has 1 heterocycles. The molecule has 2 rings (SSSR count). The molecular formula is C15H23NO2. The Labute approximate surface area is 109 Å². The number of hydrogen-bond donors (Lipinski definition) is 2. The lowest BCUT2D eigenvalue weighted by atomic mass is 9.93. The highest BCUT2D eigenvalue weighted by molar-refractivity contribution is 5.27. The van der Waals surface area contributed by atoms with Crippen molar-refractivity contribution in [1.82, 2.24) is 5.32 Å². The van der Waals surface area contributed by atoms with Gasteiger partial charge < -0.3 is 15.2 Å². The predicted molar refractivity (Wildman–Crippen MR) is 72.7 cm³/mol. The first-order chi connectivity index (χ1) is 8.46. The Bertz CT molecular complexity index is 386. The zero-order chi connectivity index (χ0) is 13.2. The van der Waals surface area contributed by atoms with Gasteiger partial charge in [0.25, 0.3) is 0 Å². The second-order valence-corrected chi connectivity index (χ2v) is 5.78. The highest BCUT2D eigenvalue weighted by Crippen LogP contribution is 2.26. The molecular weight excluding hydrogens is 226 g/mol. The largest absolute Gasteiger partial charge is 0.508 e. The van der Waals surface area contributed by atoms with Crippen LogP contribution in [0.15, 0.2) is 24.3 Å². The van der Waals surface area contributed by atoms with E-state index in [0.717, 1.165) is 19.4 Å². The maximum absolute atomic E-state index is 9.29. The Balaban J connectivity index is 1.94. The minimum absolute atomic E-state index is 0.0232. The third kappa shape index (κ3) is 3.47. The molecule has 0 spiro atoms. The van der Waals surface area contributed by atoms with E-state index in [9.17, 15) is 5.11 Å². The maximum atomic E-state index is 9.29. The van der Waals surface area contributed by atoms with Gasteiger partial charge in [-0.3, -0.25) is 0 Å². The van der Waals surface area contributed by atoms with Crippen LogP contribution in [0, 0.1) is 0 Å². The molecule has 0 saturated carbocycles. The Kier molecular flexibility index (Phi) is 3.93. The molecule has 2 atom stereocenters. The second kappa shape index (κ2) is 5.29. The lowest BCUT2D eigenvalue weighted by molar-refractivity contribution is -0.0639.